The second kappa shape index (κ2) is 6.59. The van der Waals surface area contributed by atoms with Crippen molar-refractivity contribution >= 4 is 27.7 Å². The molecule has 0 saturated carbocycles. The van der Waals surface area contributed by atoms with E-state index < -0.39 is 0 Å². The Morgan fingerprint density at radius 1 is 1.25 bits per heavy atom. The lowest BCUT2D eigenvalue weighted by Crippen LogP contribution is -2.41. The Morgan fingerprint density at radius 3 is 2.96 bits per heavy atom. The highest BCUT2D eigenvalue weighted by Crippen LogP contribution is 2.23. The van der Waals surface area contributed by atoms with Crippen LogP contribution in [0.5, 0.6) is 0 Å². The van der Waals surface area contributed by atoms with Crippen LogP contribution in [0.1, 0.15) is 10.5 Å². The molecule has 24 heavy (non-hydrogen) atoms. The maximum absolute atomic E-state index is 12.4. The molecule has 124 valence electrons. The van der Waals surface area contributed by atoms with Crippen LogP contribution in [0.3, 0.4) is 0 Å². The van der Waals surface area contributed by atoms with Crippen LogP contribution in [0.2, 0.25) is 0 Å². The molecule has 0 atom stereocenters. The molecule has 4 rings (SSSR count). The first kappa shape index (κ1) is 15.1. The summed E-state index contributed by atoms with van der Waals surface area (Å²) in [4.78, 5) is 22.3. The number of pyridine rings is 1. The van der Waals surface area contributed by atoms with Gasteiger partial charge in [0, 0.05) is 43.1 Å². The topological polar surface area (TPSA) is 70.2 Å². The molecule has 1 aromatic carbocycles. The molecule has 0 bridgehead atoms. The van der Waals surface area contributed by atoms with Gasteiger partial charge in [-0.05, 0) is 12.1 Å². The first-order valence-corrected chi connectivity index (χ1v) is 8.26. The summed E-state index contributed by atoms with van der Waals surface area (Å²) < 4.78 is 5.33. The third kappa shape index (κ3) is 2.98. The van der Waals surface area contributed by atoms with Crippen LogP contribution in [0.15, 0.2) is 36.5 Å². The van der Waals surface area contributed by atoms with Gasteiger partial charge in [-0.2, -0.15) is 0 Å². The Balaban J connectivity index is 1.47. The standard InChI is InChI=1S/C18H20N4O2/c23-18(20-6-7-22-8-10-24-11-9-22)15-12-14-4-3-13-2-1-5-19-16(13)17(14)21-15/h1-5,12,21H,6-11H2,(H,20,23). The van der Waals surface area contributed by atoms with Crippen molar-refractivity contribution in [3.8, 4) is 0 Å². The predicted molar refractivity (Wildman–Crippen MR) is 93.2 cm³/mol. The van der Waals surface area contributed by atoms with Crippen molar-refractivity contribution in [2.24, 2.45) is 0 Å². The fourth-order valence-corrected chi connectivity index (χ4v) is 3.11. The number of benzene rings is 1. The second-order valence-corrected chi connectivity index (χ2v) is 6.00. The van der Waals surface area contributed by atoms with Crippen molar-refractivity contribution in [1.82, 2.24) is 20.2 Å². The number of fused-ring (bicyclic) bond motifs is 3. The molecular formula is C18H20N4O2. The fourth-order valence-electron chi connectivity index (χ4n) is 3.11. The van der Waals surface area contributed by atoms with E-state index >= 15 is 0 Å². The minimum atomic E-state index is -0.0801. The van der Waals surface area contributed by atoms with Crippen molar-refractivity contribution in [3.63, 3.8) is 0 Å². The lowest BCUT2D eigenvalue weighted by molar-refractivity contribution is 0.0383. The molecule has 0 aliphatic carbocycles. The van der Waals surface area contributed by atoms with Crippen molar-refractivity contribution in [2.75, 3.05) is 39.4 Å². The number of nitrogens with zero attached hydrogens (tertiary/aromatic N) is 2. The van der Waals surface area contributed by atoms with Crippen molar-refractivity contribution < 1.29 is 9.53 Å². The summed E-state index contributed by atoms with van der Waals surface area (Å²) in [6.07, 6.45) is 1.77. The van der Waals surface area contributed by atoms with Gasteiger partial charge in [0.25, 0.3) is 5.91 Å². The zero-order chi connectivity index (χ0) is 16.4. The average Bonchev–Trinajstić information content (AvgIpc) is 3.07. The molecule has 1 aliphatic rings. The van der Waals surface area contributed by atoms with Crippen LogP contribution >= 0.6 is 0 Å². The minimum absolute atomic E-state index is 0.0801. The number of hydrogen-bond donors (Lipinski definition) is 2. The Bertz CT molecular complexity index is 868. The lowest BCUT2D eigenvalue weighted by Gasteiger charge is -2.26. The maximum Gasteiger partial charge on any atom is 0.267 e. The monoisotopic (exact) mass is 324 g/mol. The molecule has 3 heterocycles. The number of hydrogen-bond acceptors (Lipinski definition) is 4. The fraction of sp³-hybridized carbons (Fsp3) is 0.333. The smallest absolute Gasteiger partial charge is 0.267 e. The molecule has 0 spiro atoms. The number of H-pyrrole nitrogens is 1. The number of aromatic amines is 1. The van der Waals surface area contributed by atoms with Gasteiger partial charge in [-0.15, -0.1) is 0 Å². The highest BCUT2D eigenvalue weighted by atomic mass is 16.5. The van der Waals surface area contributed by atoms with E-state index in [1.165, 1.54) is 0 Å². The van der Waals surface area contributed by atoms with Gasteiger partial charge >= 0.3 is 0 Å². The van der Waals surface area contributed by atoms with Gasteiger partial charge in [-0.1, -0.05) is 18.2 Å². The minimum Gasteiger partial charge on any atom is -0.379 e. The quantitative estimate of drug-likeness (QED) is 0.767. The molecule has 2 N–H and O–H groups in total. The molecule has 1 amide bonds. The Labute approximate surface area is 139 Å². The Kier molecular flexibility index (Phi) is 4.15. The molecule has 6 heteroatoms. The van der Waals surface area contributed by atoms with Crippen molar-refractivity contribution in [2.45, 2.75) is 0 Å². The molecule has 0 unspecified atom stereocenters. The van der Waals surface area contributed by atoms with Crippen LogP contribution in [-0.4, -0.2) is 60.2 Å². The first-order valence-electron chi connectivity index (χ1n) is 8.26. The van der Waals surface area contributed by atoms with E-state index in [2.05, 4.69) is 20.2 Å². The van der Waals surface area contributed by atoms with E-state index in [1.807, 2.05) is 30.3 Å². The van der Waals surface area contributed by atoms with E-state index in [0.29, 0.717) is 12.2 Å². The van der Waals surface area contributed by atoms with E-state index in [9.17, 15) is 4.79 Å². The number of nitrogens with one attached hydrogen (secondary N) is 2. The average molecular weight is 324 g/mol. The number of morpholine rings is 1. The number of carbonyl (C=O) groups excluding carboxylic acids is 1. The summed E-state index contributed by atoms with van der Waals surface area (Å²) in [6, 6.07) is 9.85. The van der Waals surface area contributed by atoms with Gasteiger partial charge in [-0.25, -0.2) is 0 Å². The molecular weight excluding hydrogens is 304 g/mol. The van der Waals surface area contributed by atoms with Crippen LogP contribution in [-0.2, 0) is 4.74 Å². The molecule has 0 radical (unpaired) electrons. The van der Waals surface area contributed by atoms with Gasteiger partial charge in [-0.3, -0.25) is 14.7 Å². The van der Waals surface area contributed by atoms with Gasteiger partial charge in [0.05, 0.1) is 24.2 Å². The SMILES string of the molecule is O=C(NCCN1CCOCC1)c1cc2ccc3cccnc3c2[nH]1. The number of carbonyl (C=O) groups is 1. The van der Waals surface area contributed by atoms with E-state index in [1.54, 1.807) is 6.20 Å². The number of amides is 1. The van der Waals surface area contributed by atoms with Gasteiger partial charge in [0.2, 0.25) is 0 Å². The number of rotatable bonds is 4. The van der Waals surface area contributed by atoms with Crippen LogP contribution < -0.4 is 5.32 Å². The lowest BCUT2D eigenvalue weighted by atomic mass is 10.1. The van der Waals surface area contributed by atoms with E-state index in [0.717, 1.165) is 54.7 Å². The Hall–Kier alpha value is -2.44. The van der Waals surface area contributed by atoms with E-state index in [-0.39, 0.29) is 5.91 Å². The third-order valence-electron chi connectivity index (χ3n) is 4.43. The first-order chi connectivity index (χ1) is 11.8. The van der Waals surface area contributed by atoms with Gasteiger partial charge in [0.15, 0.2) is 0 Å². The molecule has 1 fully saturated rings. The number of ether oxygens (including phenoxy) is 1. The van der Waals surface area contributed by atoms with Crippen LogP contribution in [0.4, 0.5) is 0 Å². The van der Waals surface area contributed by atoms with Crippen LogP contribution in [0, 0.1) is 0 Å². The zero-order valence-electron chi connectivity index (χ0n) is 13.4. The summed E-state index contributed by atoms with van der Waals surface area (Å²) in [7, 11) is 0. The van der Waals surface area contributed by atoms with E-state index in [4.69, 9.17) is 4.74 Å². The van der Waals surface area contributed by atoms with Gasteiger partial charge < -0.3 is 15.0 Å². The molecule has 2 aromatic heterocycles. The molecule has 3 aromatic rings. The predicted octanol–water partition coefficient (Wildman–Crippen LogP) is 1.78. The highest BCUT2D eigenvalue weighted by molar-refractivity contribution is 6.07. The van der Waals surface area contributed by atoms with Gasteiger partial charge in [0.1, 0.15) is 5.69 Å². The largest absolute Gasteiger partial charge is 0.379 e. The normalized spacial score (nSPS) is 15.8. The summed E-state index contributed by atoms with van der Waals surface area (Å²) >= 11 is 0. The Morgan fingerprint density at radius 2 is 2.08 bits per heavy atom. The zero-order valence-corrected chi connectivity index (χ0v) is 13.4. The van der Waals surface area contributed by atoms with Crippen LogP contribution in [0.25, 0.3) is 21.8 Å². The maximum atomic E-state index is 12.4. The third-order valence-corrected chi connectivity index (χ3v) is 4.43. The summed E-state index contributed by atoms with van der Waals surface area (Å²) in [5, 5.41) is 5.04. The highest BCUT2D eigenvalue weighted by Gasteiger charge is 2.13. The second-order valence-electron chi connectivity index (χ2n) is 6.00. The van der Waals surface area contributed by atoms with Crippen molar-refractivity contribution in [3.05, 3.63) is 42.2 Å². The summed E-state index contributed by atoms with van der Waals surface area (Å²) in [6.45, 7) is 4.89. The number of aromatic nitrogens is 2. The molecule has 1 saturated heterocycles. The molecule has 1 aliphatic heterocycles. The van der Waals surface area contributed by atoms with Crippen molar-refractivity contribution in [1.29, 1.82) is 0 Å². The summed E-state index contributed by atoms with van der Waals surface area (Å²) in [5.74, 6) is -0.0801. The summed E-state index contributed by atoms with van der Waals surface area (Å²) in [5.41, 5.74) is 2.37. The molecule has 6 nitrogen and oxygen atoms in total.